The highest BCUT2D eigenvalue weighted by Crippen LogP contribution is 2.42. The quantitative estimate of drug-likeness (QED) is 0.926. The van der Waals surface area contributed by atoms with E-state index in [1.165, 1.54) is 0 Å². The summed E-state index contributed by atoms with van der Waals surface area (Å²) in [4.78, 5) is 0. The molecule has 0 aromatic heterocycles. The highest BCUT2D eigenvalue weighted by Gasteiger charge is 2.20. The highest BCUT2D eigenvalue weighted by molar-refractivity contribution is 9.10. The number of aliphatic hydroxyl groups excluding tert-OH is 1. The van der Waals surface area contributed by atoms with Gasteiger partial charge in [-0.05, 0) is 34.5 Å². The van der Waals surface area contributed by atoms with Gasteiger partial charge in [-0.15, -0.1) is 0 Å². The molecule has 0 spiro atoms. The van der Waals surface area contributed by atoms with Crippen molar-refractivity contribution in [3.05, 3.63) is 21.7 Å². The van der Waals surface area contributed by atoms with Crippen LogP contribution in [0.15, 0.2) is 10.5 Å². The second kappa shape index (κ2) is 5.55. The fraction of sp³-hybridized carbons (Fsp3) is 0.500. The van der Waals surface area contributed by atoms with E-state index >= 15 is 0 Å². The maximum Gasteiger partial charge on any atom is 0.175 e. The van der Waals surface area contributed by atoms with Gasteiger partial charge in [0, 0.05) is 18.1 Å². The summed E-state index contributed by atoms with van der Waals surface area (Å²) in [6.45, 7) is 4.04. The Morgan fingerprint density at radius 2 is 1.88 bits per heavy atom. The van der Waals surface area contributed by atoms with Gasteiger partial charge in [-0.25, -0.2) is 0 Å². The summed E-state index contributed by atoms with van der Waals surface area (Å²) in [6, 6.07) is 1.98. The van der Waals surface area contributed by atoms with Gasteiger partial charge < -0.3 is 14.6 Å². The van der Waals surface area contributed by atoms with Crippen LogP contribution in [-0.4, -0.2) is 25.9 Å². The summed E-state index contributed by atoms with van der Waals surface area (Å²) in [5.74, 6) is 1.39. The van der Waals surface area contributed by atoms with Crippen molar-refractivity contribution in [2.45, 2.75) is 19.8 Å². The molecule has 1 aromatic carbocycles. The molecule has 1 rings (SSSR count). The predicted octanol–water partition coefficient (Wildman–Crippen LogP) is 2.87. The number of methoxy groups -OCH3 is 2. The largest absolute Gasteiger partial charge is 0.493 e. The van der Waals surface area contributed by atoms with Gasteiger partial charge in [0.1, 0.15) is 0 Å². The lowest BCUT2D eigenvalue weighted by atomic mass is 9.95. The van der Waals surface area contributed by atoms with E-state index in [1.807, 2.05) is 19.9 Å². The number of aryl methyl sites for hydroxylation is 1. The van der Waals surface area contributed by atoms with E-state index in [0.717, 1.165) is 15.6 Å². The molecule has 16 heavy (non-hydrogen) atoms. The van der Waals surface area contributed by atoms with Gasteiger partial charge in [0.2, 0.25) is 0 Å². The van der Waals surface area contributed by atoms with Gasteiger partial charge >= 0.3 is 0 Å². The van der Waals surface area contributed by atoms with Crippen LogP contribution >= 0.6 is 15.9 Å². The lowest BCUT2D eigenvalue weighted by molar-refractivity contribution is 0.267. The van der Waals surface area contributed by atoms with E-state index in [-0.39, 0.29) is 12.5 Å². The Morgan fingerprint density at radius 3 is 2.31 bits per heavy atom. The van der Waals surface area contributed by atoms with E-state index in [2.05, 4.69) is 15.9 Å². The molecule has 0 saturated carbocycles. The fourth-order valence-corrected chi connectivity index (χ4v) is 2.53. The number of hydrogen-bond donors (Lipinski definition) is 1. The number of hydrogen-bond acceptors (Lipinski definition) is 3. The van der Waals surface area contributed by atoms with Crippen LogP contribution in [0.25, 0.3) is 0 Å². The van der Waals surface area contributed by atoms with E-state index in [0.29, 0.717) is 11.5 Å². The van der Waals surface area contributed by atoms with Crippen LogP contribution in [0.1, 0.15) is 24.0 Å². The number of aliphatic hydroxyl groups is 1. The third-order valence-electron chi connectivity index (χ3n) is 2.61. The van der Waals surface area contributed by atoms with Crippen LogP contribution in [0, 0.1) is 6.92 Å². The molecule has 1 aromatic rings. The summed E-state index contributed by atoms with van der Waals surface area (Å²) >= 11 is 3.44. The molecule has 1 N–H and O–H groups in total. The lowest BCUT2D eigenvalue weighted by Crippen LogP contribution is -2.06. The highest BCUT2D eigenvalue weighted by atomic mass is 79.9. The first-order chi connectivity index (χ1) is 7.56. The molecule has 0 heterocycles. The van der Waals surface area contributed by atoms with Crippen LogP contribution in [0.3, 0.4) is 0 Å². The molecule has 0 amide bonds. The third-order valence-corrected chi connectivity index (χ3v) is 3.20. The minimum absolute atomic E-state index is 0.0250. The van der Waals surface area contributed by atoms with Crippen LogP contribution in [0.4, 0.5) is 0 Å². The molecular formula is C12H17BrO3. The van der Waals surface area contributed by atoms with Gasteiger partial charge in [-0.3, -0.25) is 0 Å². The van der Waals surface area contributed by atoms with Crippen molar-refractivity contribution in [3.63, 3.8) is 0 Å². The molecule has 4 heteroatoms. The van der Waals surface area contributed by atoms with Gasteiger partial charge in [0.05, 0.1) is 18.7 Å². The van der Waals surface area contributed by atoms with Crippen LogP contribution in [0.5, 0.6) is 11.5 Å². The van der Waals surface area contributed by atoms with Gasteiger partial charge in [-0.2, -0.15) is 0 Å². The molecular weight excluding hydrogens is 272 g/mol. The van der Waals surface area contributed by atoms with Crippen molar-refractivity contribution in [2.75, 3.05) is 20.8 Å². The Labute approximate surface area is 105 Å². The Balaban J connectivity index is 3.45. The molecule has 0 radical (unpaired) electrons. The predicted molar refractivity (Wildman–Crippen MR) is 67.5 cm³/mol. The summed E-state index contributed by atoms with van der Waals surface area (Å²) < 4.78 is 11.5. The average molecular weight is 289 g/mol. The molecule has 3 nitrogen and oxygen atoms in total. The third kappa shape index (κ3) is 2.33. The minimum Gasteiger partial charge on any atom is -0.493 e. The van der Waals surface area contributed by atoms with Crippen molar-refractivity contribution in [1.29, 1.82) is 0 Å². The molecule has 90 valence electrons. The second-order valence-corrected chi connectivity index (χ2v) is 4.59. The summed E-state index contributed by atoms with van der Waals surface area (Å²) in [6.07, 6.45) is 0. The Bertz CT molecular complexity index is 377. The number of halogens is 1. The molecule has 0 fully saturated rings. The maximum atomic E-state index is 9.26. The van der Waals surface area contributed by atoms with E-state index < -0.39 is 0 Å². The van der Waals surface area contributed by atoms with E-state index in [9.17, 15) is 5.11 Å². The number of benzene rings is 1. The SMILES string of the molecule is COc1c(Br)cc(C)c(C(C)CO)c1OC. The molecule has 0 bridgehead atoms. The van der Waals surface area contributed by atoms with Crippen molar-refractivity contribution in [3.8, 4) is 11.5 Å². The number of ether oxygens (including phenoxy) is 2. The molecule has 0 saturated heterocycles. The first kappa shape index (κ1) is 13.3. The summed E-state index contributed by atoms with van der Waals surface area (Å²) in [7, 11) is 3.21. The Morgan fingerprint density at radius 1 is 1.31 bits per heavy atom. The van der Waals surface area contributed by atoms with E-state index in [1.54, 1.807) is 14.2 Å². The molecule has 0 aliphatic carbocycles. The lowest BCUT2D eigenvalue weighted by Gasteiger charge is -2.20. The fourth-order valence-electron chi connectivity index (χ4n) is 1.84. The molecule has 1 atom stereocenters. The van der Waals surface area contributed by atoms with Crippen molar-refractivity contribution in [2.24, 2.45) is 0 Å². The smallest absolute Gasteiger partial charge is 0.175 e. The summed E-state index contributed by atoms with van der Waals surface area (Å²) in [5.41, 5.74) is 2.07. The number of rotatable bonds is 4. The normalized spacial score (nSPS) is 12.4. The standard InChI is InChI=1S/C12H17BrO3/c1-7-5-9(13)11(15-3)12(16-4)10(7)8(2)6-14/h5,8,14H,6H2,1-4H3. The Hall–Kier alpha value is -0.740. The summed E-state index contributed by atoms with van der Waals surface area (Å²) in [5, 5.41) is 9.26. The molecule has 0 aliphatic heterocycles. The van der Waals surface area contributed by atoms with Crippen molar-refractivity contribution >= 4 is 15.9 Å². The monoisotopic (exact) mass is 288 g/mol. The average Bonchev–Trinajstić information content (AvgIpc) is 2.27. The first-order valence-corrected chi connectivity index (χ1v) is 5.87. The molecule has 1 unspecified atom stereocenters. The van der Waals surface area contributed by atoms with Crippen molar-refractivity contribution < 1.29 is 14.6 Å². The minimum atomic E-state index is 0.0250. The van der Waals surface area contributed by atoms with Gasteiger partial charge in [0.15, 0.2) is 11.5 Å². The topological polar surface area (TPSA) is 38.7 Å². The van der Waals surface area contributed by atoms with Gasteiger partial charge in [0.25, 0.3) is 0 Å². The zero-order valence-corrected chi connectivity index (χ0v) is 11.6. The molecule has 0 aliphatic rings. The maximum absolute atomic E-state index is 9.26. The van der Waals surface area contributed by atoms with Gasteiger partial charge in [-0.1, -0.05) is 6.92 Å². The first-order valence-electron chi connectivity index (χ1n) is 5.08. The zero-order valence-electron chi connectivity index (χ0n) is 10.0. The van der Waals surface area contributed by atoms with Crippen molar-refractivity contribution in [1.82, 2.24) is 0 Å². The van der Waals surface area contributed by atoms with E-state index in [4.69, 9.17) is 9.47 Å². The van der Waals surface area contributed by atoms with Crippen LogP contribution in [-0.2, 0) is 0 Å². The van der Waals surface area contributed by atoms with Crippen LogP contribution in [0.2, 0.25) is 0 Å². The Kier molecular flexibility index (Phi) is 4.62. The second-order valence-electron chi connectivity index (χ2n) is 3.74. The van der Waals surface area contributed by atoms with Crippen LogP contribution < -0.4 is 9.47 Å². The zero-order chi connectivity index (χ0) is 12.3.